The lowest BCUT2D eigenvalue weighted by molar-refractivity contribution is 0.246. The molecule has 20 heavy (non-hydrogen) atoms. The van der Waals surface area contributed by atoms with Crippen molar-refractivity contribution in [1.82, 2.24) is 0 Å². The molecule has 0 amide bonds. The second kappa shape index (κ2) is 7.91. The molecular formula is C15H13Br2ClO2. The highest BCUT2D eigenvalue weighted by Gasteiger charge is 2.02. The van der Waals surface area contributed by atoms with E-state index in [1.54, 1.807) is 0 Å². The van der Waals surface area contributed by atoms with E-state index in [2.05, 4.69) is 31.9 Å². The molecule has 0 aliphatic heterocycles. The average Bonchev–Trinajstić information content (AvgIpc) is 2.44. The van der Waals surface area contributed by atoms with Crippen molar-refractivity contribution in [3.05, 3.63) is 56.4 Å². The van der Waals surface area contributed by atoms with E-state index in [-0.39, 0.29) is 0 Å². The van der Waals surface area contributed by atoms with Crippen LogP contribution < -0.4 is 9.47 Å². The molecule has 0 spiro atoms. The highest BCUT2D eigenvalue weighted by molar-refractivity contribution is 9.11. The highest BCUT2D eigenvalue weighted by atomic mass is 79.9. The van der Waals surface area contributed by atoms with Crippen LogP contribution >= 0.6 is 43.5 Å². The minimum atomic E-state index is 0.600. The minimum Gasteiger partial charge on any atom is -0.493 e. The molecule has 0 atom stereocenters. The molecule has 0 saturated carbocycles. The maximum absolute atomic E-state index is 5.81. The van der Waals surface area contributed by atoms with Crippen LogP contribution in [0.15, 0.2) is 51.4 Å². The number of hydrogen-bond acceptors (Lipinski definition) is 2. The zero-order chi connectivity index (χ0) is 14.4. The van der Waals surface area contributed by atoms with Crippen LogP contribution in [0.25, 0.3) is 0 Å². The van der Waals surface area contributed by atoms with E-state index in [1.165, 1.54) is 0 Å². The Hall–Kier alpha value is -0.710. The number of ether oxygens (including phenoxy) is 2. The molecule has 0 radical (unpaired) electrons. The smallest absolute Gasteiger partial charge is 0.134 e. The Bertz CT molecular complexity index is 558. The van der Waals surface area contributed by atoms with Crippen molar-refractivity contribution in [3.63, 3.8) is 0 Å². The zero-order valence-corrected chi connectivity index (χ0v) is 14.5. The Kier molecular flexibility index (Phi) is 6.20. The number of hydrogen-bond donors (Lipinski definition) is 0. The monoisotopic (exact) mass is 418 g/mol. The fourth-order valence-electron chi connectivity index (χ4n) is 1.55. The summed E-state index contributed by atoms with van der Waals surface area (Å²) in [5, 5.41) is 0.709. The van der Waals surface area contributed by atoms with Crippen LogP contribution in [0.1, 0.15) is 6.42 Å². The first-order chi connectivity index (χ1) is 9.65. The van der Waals surface area contributed by atoms with Gasteiger partial charge in [0, 0.05) is 15.9 Å². The first-order valence-corrected chi connectivity index (χ1v) is 8.08. The summed E-state index contributed by atoms with van der Waals surface area (Å²) in [4.78, 5) is 0. The topological polar surface area (TPSA) is 18.5 Å². The molecule has 0 aliphatic rings. The van der Waals surface area contributed by atoms with E-state index in [4.69, 9.17) is 21.1 Å². The van der Waals surface area contributed by atoms with Gasteiger partial charge in [-0.3, -0.25) is 0 Å². The minimum absolute atomic E-state index is 0.600. The number of rotatable bonds is 6. The lowest BCUT2D eigenvalue weighted by Crippen LogP contribution is -2.05. The Labute approximate surface area is 140 Å². The molecule has 0 aliphatic carbocycles. The van der Waals surface area contributed by atoms with Gasteiger partial charge in [0.1, 0.15) is 11.5 Å². The molecule has 0 fully saturated rings. The standard InChI is InChI=1S/C15H13Br2ClO2/c16-11-2-7-14(17)15(10-11)20-9-1-8-19-13-5-3-12(18)4-6-13/h2-7,10H,1,8-9H2. The number of halogens is 3. The largest absolute Gasteiger partial charge is 0.493 e. The van der Waals surface area contributed by atoms with E-state index in [0.717, 1.165) is 26.9 Å². The molecule has 0 N–H and O–H groups in total. The summed E-state index contributed by atoms with van der Waals surface area (Å²) in [6.45, 7) is 1.20. The van der Waals surface area contributed by atoms with Gasteiger partial charge >= 0.3 is 0 Å². The van der Waals surface area contributed by atoms with Gasteiger partial charge in [-0.15, -0.1) is 0 Å². The Morgan fingerprint density at radius 3 is 2.35 bits per heavy atom. The predicted molar refractivity (Wildman–Crippen MR) is 88.9 cm³/mol. The summed E-state index contributed by atoms with van der Waals surface area (Å²) in [7, 11) is 0. The SMILES string of the molecule is Clc1ccc(OCCCOc2cc(Br)ccc2Br)cc1. The molecule has 106 valence electrons. The van der Waals surface area contributed by atoms with Crippen molar-refractivity contribution < 1.29 is 9.47 Å². The first-order valence-electron chi connectivity index (χ1n) is 6.11. The molecule has 2 nitrogen and oxygen atoms in total. The summed E-state index contributed by atoms with van der Waals surface area (Å²) in [5.41, 5.74) is 0. The molecular weight excluding hydrogens is 407 g/mol. The molecule has 0 saturated heterocycles. The van der Waals surface area contributed by atoms with Crippen molar-refractivity contribution in [3.8, 4) is 11.5 Å². The van der Waals surface area contributed by atoms with Crippen molar-refractivity contribution >= 4 is 43.5 Å². The van der Waals surface area contributed by atoms with Gasteiger partial charge in [-0.1, -0.05) is 27.5 Å². The lowest BCUT2D eigenvalue weighted by atomic mass is 10.3. The third-order valence-electron chi connectivity index (χ3n) is 2.52. The van der Waals surface area contributed by atoms with E-state index in [1.807, 2.05) is 42.5 Å². The van der Waals surface area contributed by atoms with Gasteiger partial charge in [0.15, 0.2) is 0 Å². The second-order valence-corrected chi connectivity index (χ2v) is 6.29. The van der Waals surface area contributed by atoms with Crippen LogP contribution in [0, 0.1) is 0 Å². The molecule has 0 aromatic heterocycles. The van der Waals surface area contributed by atoms with Crippen LogP contribution in [0.5, 0.6) is 11.5 Å². The Morgan fingerprint density at radius 1 is 0.900 bits per heavy atom. The van der Waals surface area contributed by atoms with Gasteiger partial charge in [0.2, 0.25) is 0 Å². The third kappa shape index (κ3) is 5.00. The molecule has 0 heterocycles. The first kappa shape index (κ1) is 15.7. The fraction of sp³-hybridized carbons (Fsp3) is 0.200. The predicted octanol–water partition coefficient (Wildman–Crippen LogP) is 5.71. The third-order valence-corrected chi connectivity index (χ3v) is 3.92. The van der Waals surface area contributed by atoms with Gasteiger partial charge in [0.25, 0.3) is 0 Å². The second-order valence-electron chi connectivity index (χ2n) is 4.08. The summed E-state index contributed by atoms with van der Waals surface area (Å²) in [6, 6.07) is 13.2. The molecule has 2 aromatic rings. The molecule has 5 heteroatoms. The van der Waals surface area contributed by atoms with E-state index >= 15 is 0 Å². The van der Waals surface area contributed by atoms with Crippen molar-refractivity contribution in [2.24, 2.45) is 0 Å². The van der Waals surface area contributed by atoms with E-state index in [0.29, 0.717) is 18.2 Å². The quantitative estimate of drug-likeness (QED) is 0.557. The lowest BCUT2D eigenvalue weighted by Gasteiger charge is -2.09. The van der Waals surface area contributed by atoms with E-state index in [9.17, 15) is 0 Å². The van der Waals surface area contributed by atoms with Crippen molar-refractivity contribution in [2.75, 3.05) is 13.2 Å². The maximum atomic E-state index is 5.81. The normalized spacial score (nSPS) is 10.3. The summed E-state index contributed by atoms with van der Waals surface area (Å²) in [5.74, 6) is 1.64. The molecule has 0 bridgehead atoms. The van der Waals surface area contributed by atoms with Crippen molar-refractivity contribution in [1.29, 1.82) is 0 Å². The Morgan fingerprint density at radius 2 is 1.60 bits per heavy atom. The van der Waals surface area contributed by atoms with Crippen LogP contribution in [0.3, 0.4) is 0 Å². The average molecular weight is 421 g/mol. The summed E-state index contributed by atoms with van der Waals surface area (Å²) in [6.07, 6.45) is 0.807. The van der Waals surface area contributed by atoms with Gasteiger partial charge in [-0.2, -0.15) is 0 Å². The summed E-state index contributed by atoms with van der Waals surface area (Å²) >= 11 is 12.7. The molecule has 2 rings (SSSR count). The fourth-order valence-corrected chi connectivity index (χ4v) is 2.38. The van der Waals surface area contributed by atoms with Gasteiger partial charge < -0.3 is 9.47 Å². The van der Waals surface area contributed by atoms with Gasteiger partial charge in [-0.25, -0.2) is 0 Å². The molecule has 0 unspecified atom stereocenters. The van der Waals surface area contributed by atoms with Crippen LogP contribution in [0.4, 0.5) is 0 Å². The van der Waals surface area contributed by atoms with Gasteiger partial charge in [0.05, 0.1) is 17.7 Å². The van der Waals surface area contributed by atoms with Gasteiger partial charge in [-0.05, 0) is 58.4 Å². The van der Waals surface area contributed by atoms with Crippen molar-refractivity contribution in [2.45, 2.75) is 6.42 Å². The van der Waals surface area contributed by atoms with Crippen LogP contribution in [-0.2, 0) is 0 Å². The Balaban J connectivity index is 1.71. The molecule has 2 aromatic carbocycles. The van der Waals surface area contributed by atoms with Crippen LogP contribution in [-0.4, -0.2) is 13.2 Å². The highest BCUT2D eigenvalue weighted by Crippen LogP contribution is 2.28. The number of benzene rings is 2. The zero-order valence-electron chi connectivity index (χ0n) is 10.6. The summed E-state index contributed by atoms with van der Waals surface area (Å²) < 4.78 is 13.2. The maximum Gasteiger partial charge on any atom is 0.134 e. The van der Waals surface area contributed by atoms with E-state index < -0.39 is 0 Å². The van der Waals surface area contributed by atoms with Crippen LogP contribution in [0.2, 0.25) is 5.02 Å².